The first kappa shape index (κ1) is 15.3. The Hall–Kier alpha value is -1.63. The third-order valence-corrected chi connectivity index (χ3v) is 4.38. The van der Waals surface area contributed by atoms with Crippen molar-refractivity contribution in [3.05, 3.63) is 34.7 Å². The zero-order valence-corrected chi connectivity index (χ0v) is 13.4. The van der Waals surface area contributed by atoms with Gasteiger partial charge in [0.25, 0.3) is 5.91 Å². The molecular weight excluding hydrogens is 304 g/mol. The second-order valence-corrected chi connectivity index (χ2v) is 6.04. The van der Waals surface area contributed by atoms with Crippen molar-refractivity contribution in [2.75, 3.05) is 20.2 Å². The van der Waals surface area contributed by atoms with E-state index < -0.39 is 0 Å². The van der Waals surface area contributed by atoms with Gasteiger partial charge in [0, 0.05) is 32.4 Å². The number of nitrogens with two attached hydrogens (primary N) is 1. The van der Waals surface area contributed by atoms with Gasteiger partial charge >= 0.3 is 0 Å². The summed E-state index contributed by atoms with van der Waals surface area (Å²) in [6.45, 7) is 2.94. The highest BCUT2D eigenvalue weighted by atomic mass is 35.5. The maximum atomic E-state index is 12.9. The quantitative estimate of drug-likeness (QED) is 0.909. The van der Waals surface area contributed by atoms with Gasteiger partial charge < -0.3 is 15.4 Å². The first-order valence-electron chi connectivity index (χ1n) is 7.23. The molecule has 0 aliphatic carbocycles. The Balaban J connectivity index is 1.95. The SMILES string of the molecule is CO[C@@H]1CN(C(=O)c2c(C)nc3ccc(Cl)cn23)CC[C@@H]1N. The summed E-state index contributed by atoms with van der Waals surface area (Å²) in [6.07, 6.45) is 2.30. The maximum Gasteiger partial charge on any atom is 0.272 e. The van der Waals surface area contributed by atoms with Gasteiger partial charge in [0.15, 0.2) is 0 Å². The normalized spacial score (nSPS) is 22.3. The van der Waals surface area contributed by atoms with Crippen LogP contribution in [0.4, 0.5) is 0 Å². The van der Waals surface area contributed by atoms with E-state index in [1.807, 2.05) is 6.92 Å². The minimum Gasteiger partial charge on any atom is -0.378 e. The molecule has 1 fully saturated rings. The van der Waals surface area contributed by atoms with Crippen LogP contribution in [0.3, 0.4) is 0 Å². The number of rotatable bonds is 2. The molecule has 3 rings (SSSR count). The van der Waals surface area contributed by atoms with Crippen LogP contribution >= 0.6 is 11.6 Å². The molecule has 6 nitrogen and oxygen atoms in total. The van der Waals surface area contributed by atoms with Crippen LogP contribution < -0.4 is 5.73 Å². The number of aromatic nitrogens is 2. The lowest BCUT2D eigenvalue weighted by Gasteiger charge is -2.35. The Bertz CT molecular complexity index is 715. The first-order valence-corrected chi connectivity index (χ1v) is 7.61. The third kappa shape index (κ3) is 2.58. The number of nitrogens with zero attached hydrogens (tertiary/aromatic N) is 3. The topological polar surface area (TPSA) is 72.9 Å². The number of carbonyl (C=O) groups is 1. The molecular formula is C15H19ClN4O2. The van der Waals surface area contributed by atoms with E-state index in [4.69, 9.17) is 22.1 Å². The number of pyridine rings is 1. The highest BCUT2D eigenvalue weighted by molar-refractivity contribution is 6.30. The van der Waals surface area contributed by atoms with Crippen molar-refractivity contribution in [1.82, 2.24) is 14.3 Å². The molecule has 7 heteroatoms. The van der Waals surface area contributed by atoms with Crippen molar-refractivity contribution >= 4 is 23.2 Å². The van der Waals surface area contributed by atoms with Gasteiger partial charge in [0.1, 0.15) is 11.3 Å². The summed E-state index contributed by atoms with van der Waals surface area (Å²) in [5.41, 5.74) is 7.96. The van der Waals surface area contributed by atoms with Gasteiger partial charge in [-0.15, -0.1) is 0 Å². The Morgan fingerprint density at radius 3 is 3.00 bits per heavy atom. The smallest absolute Gasteiger partial charge is 0.272 e. The Morgan fingerprint density at radius 2 is 2.27 bits per heavy atom. The molecule has 22 heavy (non-hydrogen) atoms. The fraction of sp³-hybridized carbons (Fsp3) is 0.467. The molecule has 1 saturated heterocycles. The van der Waals surface area contributed by atoms with Crippen LogP contribution in [0.5, 0.6) is 0 Å². The van der Waals surface area contributed by atoms with Crippen molar-refractivity contribution in [1.29, 1.82) is 0 Å². The molecule has 0 saturated carbocycles. The summed E-state index contributed by atoms with van der Waals surface area (Å²) < 4.78 is 7.12. The maximum absolute atomic E-state index is 12.9. The zero-order chi connectivity index (χ0) is 15.9. The molecule has 3 heterocycles. The summed E-state index contributed by atoms with van der Waals surface area (Å²) in [5.74, 6) is -0.0683. The van der Waals surface area contributed by atoms with Crippen molar-refractivity contribution in [3.63, 3.8) is 0 Å². The van der Waals surface area contributed by atoms with Crippen LogP contribution in [0.15, 0.2) is 18.3 Å². The lowest BCUT2D eigenvalue weighted by atomic mass is 10.0. The molecule has 1 aliphatic rings. The summed E-state index contributed by atoms with van der Waals surface area (Å²) in [4.78, 5) is 19.1. The van der Waals surface area contributed by atoms with Crippen molar-refractivity contribution in [2.45, 2.75) is 25.5 Å². The number of imidazole rings is 1. The molecule has 0 bridgehead atoms. The Kier molecular flexibility index (Phi) is 4.08. The van der Waals surface area contributed by atoms with Crippen LogP contribution in [0, 0.1) is 6.92 Å². The lowest BCUT2D eigenvalue weighted by molar-refractivity contribution is 0.0158. The number of amides is 1. The van der Waals surface area contributed by atoms with E-state index in [9.17, 15) is 4.79 Å². The predicted octanol–water partition coefficient (Wildman–Crippen LogP) is 1.48. The van der Waals surface area contributed by atoms with E-state index in [2.05, 4.69) is 4.98 Å². The molecule has 0 unspecified atom stereocenters. The van der Waals surface area contributed by atoms with E-state index >= 15 is 0 Å². The molecule has 0 spiro atoms. The van der Waals surface area contributed by atoms with Gasteiger partial charge in [0.2, 0.25) is 0 Å². The van der Waals surface area contributed by atoms with Gasteiger partial charge in [-0.3, -0.25) is 9.20 Å². The predicted molar refractivity (Wildman–Crippen MR) is 84.2 cm³/mol. The number of hydrogen-bond donors (Lipinski definition) is 1. The number of likely N-dealkylation sites (tertiary alicyclic amines) is 1. The summed E-state index contributed by atoms with van der Waals surface area (Å²) >= 11 is 6.05. The van der Waals surface area contributed by atoms with Gasteiger partial charge in [-0.2, -0.15) is 0 Å². The number of hydrogen-bond acceptors (Lipinski definition) is 4. The zero-order valence-electron chi connectivity index (χ0n) is 12.6. The molecule has 118 valence electrons. The van der Waals surface area contributed by atoms with Crippen LogP contribution in [0.25, 0.3) is 5.65 Å². The van der Waals surface area contributed by atoms with Crippen LogP contribution in [0.1, 0.15) is 22.6 Å². The number of ether oxygens (including phenoxy) is 1. The number of piperidine rings is 1. The molecule has 0 aromatic carbocycles. The molecule has 2 aromatic rings. The second-order valence-electron chi connectivity index (χ2n) is 5.60. The van der Waals surface area contributed by atoms with Crippen molar-refractivity contribution < 1.29 is 9.53 Å². The number of methoxy groups -OCH3 is 1. The highest BCUT2D eigenvalue weighted by Crippen LogP contribution is 2.20. The third-order valence-electron chi connectivity index (χ3n) is 4.16. The molecule has 2 atom stereocenters. The second kappa shape index (κ2) is 5.87. The number of fused-ring (bicyclic) bond motifs is 1. The van der Waals surface area contributed by atoms with Gasteiger partial charge in [-0.05, 0) is 25.5 Å². The largest absolute Gasteiger partial charge is 0.378 e. The monoisotopic (exact) mass is 322 g/mol. The van der Waals surface area contributed by atoms with Gasteiger partial charge in [-0.1, -0.05) is 11.6 Å². The average molecular weight is 323 g/mol. The minimum atomic E-state index is -0.138. The van der Waals surface area contributed by atoms with E-state index in [1.54, 1.807) is 34.7 Å². The molecule has 1 aliphatic heterocycles. The van der Waals surface area contributed by atoms with Crippen LogP contribution in [0.2, 0.25) is 5.02 Å². The first-order chi connectivity index (χ1) is 10.5. The molecule has 1 amide bonds. The Morgan fingerprint density at radius 1 is 1.50 bits per heavy atom. The fourth-order valence-electron chi connectivity index (χ4n) is 2.91. The van der Waals surface area contributed by atoms with E-state index in [0.29, 0.717) is 35.1 Å². The van der Waals surface area contributed by atoms with E-state index in [0.717, 1.165) is 6.42 Å². The molecule has 2 aromatic heterocycles. The fourth-order valence-corrected chi connectivity index (χ4v) is 3.07. The number of aryl methyl sites for hydroxylation is 1. The highest BCUT2D eigenvalue weighted by Gasteiger charge is 2.31. The van der Waals surface area contributed by atoms with Crippen molar-refractivity contribution in [3.8, 4) is 0 Å². The molecule has 0 radical (unpaired) electrons. The average Bonchev–Trinajstić information content (AvgIpc) is 2.82. The van der Waals surface area contributed by atoms with Gasteiger partial charge in [0.05, 0.1) is 16.8 Å². The minimum absolute atomic E-state index is 0.0354. The Labute approximate surface area is 133 Å². The number of carbonyl (C=O) groups excluding carboxylic acids is 1. The van der Waals surface area contributed by atoms with Crippen LogP contribution in [-0.2, 0) is 4.74 Å². The molecule has 2 N–H and O–H groups in total. The van der Waals surface area contributed by atoms with Crippen molar-refractivity contribution in [2.24, 2.45) is 5.73 Å². The lowest BCUT2D eigenvalue weighted by Crippen LogP contribution is -2.53. The standard InChI is InChI=1S/C15H19ClN4O2/c1-9-14(20-7-10(16)3-4-13(20)18-9)15(21)19-6-5-11(17)12(8-19)22-2/h3-4,7,11-12H,5-6,8,17H2,1-2H3/t11-,12+/m0/s1. The summed E-state index contributed by atoms with van der Waals surface area (Å²) in [5, 5.41) is 0.564. The van der Waals surface area contributed by atoms with Crippen LogP contribution in [-0.4, -0.2) is 52.5 Å². The summed E-state index contributed by atoms with van der Waals surface area (Å²) in [6, 6.07) is 3.53. The van der Waals surface area contributed by atoms with Gasteiger partial charge in [-0.25, -0.2) is 4.98 Å². The summed E-state index contributed by atoms with van der Waals surface area (Å²) in [7, 11) is 1.62. The van der Waals surface area contributed by atoms with E-state index in [1.165, 1.54) is 0 Å². The number of halogens is 1. The van der Waals surface area contributed by atoms with E-state index in [-0.39, 0.29) is 18.1 Å².